The van der Waals surface area contributed by atoms with Crippen LogP contribution < -0.4 is 15.2 Å². The molecule has 1 aliphatic heterocycles. The van der Waals surface area contributed by atoms with Gasteiger partial charge in [0.1, 0.15) is 12.4 Å². The molecule has 0 unspecified atom stereocenters. The number of hydrogen-bond donors (Lipinski definition) is 1. The van der Waals surface area contributed by atoms with E-state index in [2.05, 4.69) is 59.8 Å². The molecule has 0 aromatic heterocycles. The number of methoxy groups -OCH3 is 1. The first kappa shape index (κ1) is 16.6. The maximum absolute atomic E-state index is 5.71. The monoisotopic (exact) mass is 324 g/mol. The summed E-state index contributed by atoms with van der Waals surface area (Å²) in [7, 11) is 1.68. The van der Waals surface area contributed by atoms with Gasteiger partial charge in [-0.15, -0.1) is 0 Å². The molecule has 0 atom stereocenters. The number of hydrogen-bond acceptors (Lipinski definition) is 4. The lowest BCUT2D eigenvalue weighted by molar-refractivity contribution is 0.146. The zero-order chi connectivity index (χ0) is 16.8. The van der Waals surface area contributed by atoms with Gasteiger partial charge in [0.15, 0.2) is 0 Å². The average Bonchev–Trinajstić information content (AvgIpc) is 3.06. The Morgan fingerprint density at radius 2 is 1.96 bits per heavy atom. The summed E-state index contributed by atoms with van der Waals surface area (Å²) in [4.78, 5) is 0. The van der Waals surface area contributed by atoms with Gasteiger partial charge in [0.25, 0.3) is 0 Å². The van der Waals surface area contributed by atoms with Crippen LogP contribution in [0.1, 0.15) is 11.1 Å². The summed E-state index contributed by atoms with van der Waals surface area (Å²) in [5.41, 5.74) is 8.34. The number of para-hydroxylation sites is 1. The highest BCUT2D eigenvalue weighted by atomic mass is 16.5. The lowest BCUT2D eigenvalue weighted by atomic mass is 10.1. The molecule has 1 N–H and O–H groups in total. The molecule has 0 bridgehead atoms. The quantitative estimate of drug-likeness (QED) is 0.826. The van der Waals surface area contributed by atoms with E-state index in [-0.39, 0.29) is 0 Å². The van der Waals surface area contributed by atoms with E-state index in [4.69, 9.17) is 9.47 Å². The molecule has 1 fully saturated rings. The fourth-order valence-electron chi connectivity index (χ4n) is 2.79. The third-order valence-corrected chi connectivity index (χ3v) is 4.04. The molecule has 0 radical (unpaired) electrons. The van der Waals surface area contributed by atoms with Crippen LogP contribution in [0.25, 0.3) is 6.08 Å². The summed E-state index contributed by atoms with van der Waals surface area (Å²) in [5.74, 6) is 0.921. The third kappa shape index (κ3) is 4.16. The average molecular weight is 324 g/mol. The van der Waals surface area contributed by atoms with Crippen molar-refractivity contribution in [3.63, 3.8) is 0 Å². The van der Waals surface area contributed by atoms with E-state index in [1.165, 1.54) is 16.8 Å². The van der Waals surface area contributed by atoms with E-state index >= 15 is 0 Å². The van der Waals surface area contributed by atoms with Crippen LogP contribution in [-0.4, -0.2) is 33.4 Å². The van der Waals surface area contributed by atoms with E-state index in [1.54, 1.807) is 7.11 Å². The highest BCUT2D eigenvalue weighted by Crippen LogP contribution is 2.22. The molecule has 0 spiro atoms. The maximum atomic E-state index is 5.71. The van der Waals surface area contributed by atoms with Gasteiger partial charge >= 0.3 is 0 Å². The number of rotatable bonds is 6. The molecule has 1 heterocycles. The first-order chi connectivity index (χ1) is 11.8. The molecule has 2 aromatic carbocycles. The number of anilines is 1. The predicted molar refractivity (Wildman–Crippen MR) is 98.3 cm³/mol. The SMILES string of the molecule is COCCOc1ccc(C=C2CNN(c3ccccc3)C2)cc1C. The molecule has 4 heteroatoms. The Morgan fingerprint density at radius 3 is 2.71 bits per heavy atom. The van der Waals surface area contributed by atoms with Crippen molar-refractivity contribution in [3.05, 3.63) is 65.2 Å². The van der Waals surface area contributed by atoms with Crippen molar-refractivity contribution in [3.8, 4) is 5.75 Å². The lowest BCUT2D eigenvalue weighted by Crippen LogP contribution is -2.30. The van der Waals surface area contributed by atoms with E-state index in [9.17, 15) is 0 Å². The molecular formula is C20H24N2O2. The normalized spacial score (nSPS) is 15.9. The summed E-state index contributed by atoms with van der Waals surface area (Å²) < 4.78 is 10.7. The van der Waals surface area contributed by atoms with Crippen molar-refractivity contribution in [1.82, 2.24) is 5.43 Å². The van der Waals surface area contributed by atoms with Gasteiger partial charge < -0.3 is 14.5 Å². The third-order valence-electron chi connectivity index (χ3n) is 4.04. The van der Waals surface area contributed by atoms with Crippen molar-refractivity contribution in [2.24, 2.45) is 0 Å². The number of aryl methyl sites for hydroxylation is 1. The Morgan fingerprint density at radius 1 is 1.12 bits per heavy atom. The van der Waals surface area contributed by atoms with Gasteiger partial charge in [0.05, 0.1) is 18.8 Å². The Balaban J connectivity index is 1.65. The van der Waals surface area contributed by atoms with Gasteiger partial charge in [-0.1, -0.05) is 30.3 Å². The second kappa shape index (κ2) is 7.99. The van der Waals surface area contributed by atoms with Crippen LogP contribution in [0.5, 0.6) is 5.75 Å². The Bertz CT molecular complexity index is 698. The molecule has 3 rings (SSSR count). The molecule has 1 aliphatic rings. The summed E-state index contributed by atoms with van der Waals surface area (Å²) in [6.45, 7) is 5.03. The molecule has 0 saturated carbocycles. The highest BCUT2D eigenvalue weighted by Gasteiger charge is 2.16. The topological polar surface area (TPSA) is 33.7 Å². The molecular weight excluding hydrogens is 300 g/mol. The second-order valence-electron chi connectivity index (χ2n) is 5.93. The van der Waals surface area contributed by atoms with Crippen LogP contribution in [0.15, 0.2) is 54.1 Å². The second-order valence-corrected chi connectivity index (χ2v) is 5.93. The van der Waals surface area contributed by atoms with Crippen LogP contribution in [0, 0.1) is 6.92 Å². The highest BCUT2D eigenvalue weighted by molar-refractivity contribution is 5.59. The van der Waals surface area contributed by atoms with Gasteiger partial charge in [0.2, 0.25) is 0 Å². The summed E-state index contributed by atoms with van der Waals surface area (Å²) in [6.07, 6.45) is 2.25. The zero-order valence-corrected chi connectivity index (χ0v) is 14.3. The van der Waals surface area contributed by atoms with Gasteiger partial charge in [-0.05, 0) is 47.9 Å². The largest absolute Gasteiger partial charge is 0.491 e. The fourth-order valence-corrected chi connectivity index (χ4v) is 2.79. The Hall–Kier alpha value is -2.30. The molecule has 24 heavy (non-hydrogen) atoms. The van der Waals surface area contributed by atoms with Crippen molar-refractivity contribution in [1.29, 1.82) is 0 Å². The molecule has 4 nitrogen and oxygen atoms in total. The first-order valence-corrected chi connectivity index (χ1v) is 8.24. The summed E-state index contributed by atoms with van der Waals surface area (Å²) >= 11 is 0. The van der Waals surface area contributed by atoms with Crippen LogP contribution in [-0.2, 0) is 4.74 Å². The molecule has 126 valence electrons. The van der Waals surface area contributed by atoms with Crippen molar-refractivity contribution in [2.75, 3.05) is 38.4 Å². The van der Waals surface area contributed by atoms with Crippen molar-refractivity contribution >= 4 is 11.8 Å². The van der Waals surface area contributed by atoms with Gasteiger partial charge in [-0.3, -0.25) is 0 Å². The molecule has 0 amide bonds. The standard InChI is InChI=1S/C20H24N2O2/c1-16-12-17(8-9-20(16)24-11-10-23-2)13-18-14-21-22(15-18)19-6-4-3-5-7-19/h3-9,12-13,21H,10-11,14-15H2,1-2H3. The number of ether oxygens (including phenoxy) is 2. The van der Waals surface area contributed by atoms with Crippen LogP contribution in [0.2, 0.25) is 0 Å². The molecule has 0 aliphatic carbocycles. The van der Waals surface area contributed by atoms with Gasteiger partial charge in [-0.2, -0.15) is 0 Å². The maximum Gasteiger partial charge on any atom is 0.122 e. The predicted octanol–water partition coefficient (Wildman–Crippen LogP) is 3.43. The molecule has 1 saturated heterocycles. The smallest absolute Gasteiger partial charge is 0.122 e. The van der Waals surface area contributed by atoms with Crippen molar-refractivity contribution < 1.29 is 9.47 Å². The van der Waals surface area contributed by atoms with Gasteiger partial charge in [0, 0.05) is 13.7 Å². The summed E-state index contributed by atoms with van der Waals surface area (Å²) in [5, 5.41) is 2.18. The van der Waals surface area contributed by atoms with Crippen molar-refractivity contribution in [2.45, 2.75) is 6.92 Å². The number of hydrazine groups is 1. The van der Waals surface area contributed by atoms with E-state index < -0.39 is 0 Å². The summed E-state index contributed by atoms with van der Waals surface area (Å²) in [6, 6.07) is 16.7. The van der Waals surface area contributed by atoms with Crippen LogP contribution in [0.3, 0.4) is 0 Å². The lowest BCUT2D eigenvalue weighted by Gasteiger charge is -2.16. The minimum absolute atomic E-state index is 0.577. The Labute approximate surface area is 143 Å². The van der Waals surface area contributed by atoms with Gasteiger partial charge in [-0.25, -0.2) is 5.43 Å². The number of nitrogens with zero attached hydrogens (tertiary/aromatic N) is 1. The zero-order valence-electron chi connectivity index (χ0n) is 14.3. The number of nitrogens with one attached hydrogen (secondary N) is 1. The minimum atomic E-state index is 0.577. The number of benzene rings is 2. The van der Waals surface area contributed by atoms with Crippen LogP contribution >= 0.6 is 0 Å². The van der Waals surface area contributed by atoms with Crippen LogP contribution in [0.4, 0.5) is 5.69 Å². The first-order valence-electron chi connectivity index (χ1n) is 8.24. The van der Waals surface area contributed by atoms with E-state index in [0.29, 0.717) is 13.2 Å². The van der Waals surface area contributed by atoms with E-state index in [1.807, 2.05) is 12.1 Å². The molecule has 2 aromatic rings. The van der Waals surface area contributed by atoms with E-state index in [0.717, 1.165) is 24.4 Å². The minimum Gasteiger partial charge on any atom is -0.491 e. The Kier molecular flexibility index (Phi) is 5.51. The fraction of sp³-hybridized carbons (Fsp3) is 0.300.